The summed E-state index contributed by atoms with van der Waals surface area (Å²) in [7, 11) is 0. The fourth-order valence-corrected chi connectivity index (χ4v) is 2.22. The Morgan fingerprint density at radius 1 is 1.21 bits per heavy atom. The van der Waals surface area contributed by atoms with Crippen LogP contribution in [-0.4, -0.2) is 27.0 Å². The van der Waals surface area contributed by atoms with Crippen molar-refractivity contribution in [2.75, 3.05) is 6.61 Å². The minimum absolute atomic E-state index is 0.315. The van der Waals surface area contributed by atoms with E-state index in [0.717, 1.165) is 11.4 Å². The topological polar surface area (TPSA) is 39.9 Å². The third-order valence-electron chi connectivity index (χ3n) is 2.81. The molecular weight excluding hydrogens is 262 g/mol. The zero-order chi connectivity index (χ0) is 13.9. The fraction of sp³-hybridized carbons (Fsp3) is 0.429. The molecule has 0 N–H and O–H groups in total. The van der Waals surface area contributed by atoms with Crippen LogP contribution < -0.4 is 0 Å². The Labute approximate surface area is 118 Å². The first kappa shape index (κ1) is 14.0. The lowest BCUT2D eigenvalue weighted by Crippen LogP contribution is -2.31. The molecule has 5 heteroatoms. The second-order valence-corrected chi connectivity index (χ2v) is 5.28. The Balaban J connectivity index is 2.34. The minimum atomic E-state index is -0.315. The second kappa shape index (κ2) is 5.72. The molecule has 0 atom stereocenters. The second-order valence-electron chi connectivity index (χ2n) is 4.94. The van der Waals surface area contributed by atoms with Crippen LogP contribution in [-0.2, 0) is 11.3 Å². The molecule has 0 unspecified atom stereocenters. The summed E-state index contributed by atoms with van der Waals surface area (Å²) in [5.74, 6) is 0.762. The van der Waals surface area contributed by atoms with Gasteiger partial charge in [0.25, 0.3) is 0 Å². The van der Waals surface area contributed by atoms with E-state index in [9.17, 15) is 0 Å². The Morgan fingerprint density at radius 3 is 2.53 bits per heavy atom. The molecule has 0 aliphatic rings. The molecule has 0 bridgehead atoms. The first-order valence-electron chi connectivity index (χ1n) is 6.31. The van der Waals surface area contributed by atoms with Gasteiger partial charge in [0.05, 0.1) is 12.1 Å². The van der Waals surface area contributed by atoms with E-state index in [1.807, 2.05) is 55.7 Å². The fourth-order valence-electron chi connectivity index (χ4n) is 2.04. The molecule has 0 saturated carbocycles. The van der Waals surface area contributed by atoms with E-state index in [4.69, 9.17) is 16.3 Å². The molecule has 0 radical (unpaired) electrons. The molecule has 0 saturated heterocycles. The van der Waals surface area contributed by atoms with Crippen molar-refractivity contribution in [1.29, 1.82) is 0 Å². The van der Waals surface area contributed by atoms with Gasteiger partial charge >= 0.3 is 0 Å². The van der Waals surface area contributed by atoms with Crippen LogP contribution in [0, 0.1) is 0 Å². The summed E-state index contributed by atoms with van der Waals surface area (Å²) in [4.78, 5) is 0. The predicted molar refractivity (Wildman–Crippen MR) is 76.2 cm³/mol. The van der Waals surface area contributed by atoms with Gasteiger partial charge in [0.2, 0.25) is 5.28 Å². The lowest BCUT2D eigenvalue weighted by atomic mass is 10.1. The quantitative estimate of drug-likeness (QED) is 0.842. The van der Waals surface area contributed by atoms with Crippen molar-refractivity contribution in [2.24, 2.45) is 0 Å². The third-order valence-corrected chi connectivity index (χ3v) is 3.09. The average molecular weight is 280 g/mol. The number of halogens is 1. The standard InChI is InChI=1S/C14H18ClN3O/c1-4-19-14(2,3)10-18-12(16-17-13(18)15)11-8-6-5-7-9-11/h5-9H,4,10H2,1-3H3. The van der Waals surface area contributed by atoms with E-state index >= 15 is 0 Å². The lowest BCUT2D eigenvalue weighted by Gasteiger charge is -2.25. The highest BCUT2D eigenvalue weighted by Gasteiger charge is 2.23. The van der Waals surface area contributed by atoms with Crippen LogP contribution in [0.5, 0.6) is 0 Å². The maximum absolute atomic E-state index is 6.13. The molecular formula is C14H18ClN3O. The Bertz CT molecular complexity index is 537. The van der Waals surface area contributed by atoms with Crippen LogP contribution in [0.4, 0.5) is 0 Å². The van der Waals surface area contributed by atoms with Gasteiger partial charge in [0, 0.05) is 12.2 Å². The number of rotatable bonds is 5. The highest BCUT2D eigenvalue weighted by molar-refractivity contribution is 6.28. The number of nitrogens with zero attached hydrogens (tertiary/aromatic N) is 3. The highest BCUT2D eigenvalue weighted by atomic mass is 35.5. The van der Waals surface area contributed by atoms with Gasteiger partial charge in [-0.25, -0.2) is 0 Å². The van der Waals surface area contributed by atoms with Crippen molar-refractivity contribution in [1.82, 2.24) is 14.8 Å². The molecule has 102 valence electrons. The molecule has 0 aliphatic heterocycles. The smallest absolute Gasteiger partial charge is 0.225 e. The van der Waals surface area contributed by atoms with Crippen LogP contribution >= 0.6 is 11.6 Å². The van der Waals surface area contributed by atoms with Crippen molar-refractivity contribution in [3.63, 3.8) is 0 Å². The molecule has 1 aromatic carbocycles. The predicted octanol–water partition coefficient (Wildman–Crippen LogP) is 3.41. The summed E-state index contributed by atoms with van der Waals surface area (Å²) in [5, 5.41) is 8.50. The minimum Gasteiger partial charge on any atom is -0.374 e. The molecule has 0 amide bonds. The largest absolute Gasteiger partial charge is 0.374 e. The van der Waals surface area contributed by atoms with Gasteiger partial charge in [-0.15, -0.1) is 10.2 Å². The summed E-state index contributed by atoms with van der Waals surface area (Å²) >= 11 is 6.13. The zero-order valence-corrected chi connectivity index (χ0v) is 12.2. The summed E-state index contributed by atoms with van der Waals surface area (Å²) in [5.41, 5.74) is 0.679. The number of ether oxygens (including phenoxy) is 1. The Kier molecular flexibility index (Phi) is 4.22. The molecule has 0 fully saturated rings. The number of aromatic nitrogens is 3. The normalized spacial score (nSPS) is 11.8. The number of hydrogen-bond acceptors (Lipinski definition) is 3. The molecule has 1 aromatic heterocycles. The maximum atomic E-state index is 6.13. The first-order valence-corrected chi connectivity index (χ1v) is 6.69. The number of benzene rings is 1. The van der Waals surface area contributed by atoms with E-state index in [1.54, 1.807) is 0 Å². The van der Waals surface area contributed by atoms with Crippen molar-refractivity contribution in [3.05, 3.63) is 35.6 Å². The van der Waals surface area contributed by atoms with Gasteiger partial charge in [-0.3, -0.25) is 4.57 Å². The van der Waals surface area contributed by atoms with E-state index in [2.05, 4.69) is 10.2 Å². The van der Waals surface area contributed by atoms with Gasteiger partial charge in [-0.1, -0.05) is 30.3 Å². The van der Waals surface area contributed by atoms with Crippen molar-refractivity contribution in [3.8, 4) is 11.4 Å². The molecule has 0 spiro atoms. The first-order chi connectivity index (χ1) is 9.03. The van der Waals surface area contributed by atoms with Crippen molar-refractivity contribution in [2.45, 2.75) is 32.9 Å². The summed E-state index contributed by atoms with van der Waals surface area (Å²) in [6, 6.07) is 9.89. The molecule has 2 rings (SSSR count). The van der Waals surface area contributed by atoms with Gasteiger partial charge in [-0.2, -0.15) is 0 Å². The Hall–Kier alpha value is -1.39. The van der Waals surface area contributed by atoms with Crippen LogP contribution in [0.25, 0.3) is 11.4 Å². The third kappa shape index (κ3) is 3.33. The van der Waals surface area contributed by atoms with Crippen molar-refractivity contribution < 1.29 is 4.74 Å². The average Bonchev–Trinajstić information content (AvgIpc) is 2.71. The van der Waals surface area contributed by atoms with Gasteiger partial charge in [-0.05, 0) is 32.4 Å². The summed E-state index contributed by atoms with van der Waals surface area (Å²) < 4.78 is 7.59. The maximum Gasteiger partial charge on any atom is 0.225 e. The summed E-state index contributed by atoms with van der Waals surface area (Å²) in [6.45, 7) is 7.31. The Morgan fingerprint density at radius 2 is 1.89 bits per heavy atom. The zero-order valence-electron chi connectivity index (χ0n) is 11.4. The molecule has 4 nitrogen and oxygen atoms in total. The van der Waals surface area contributed by atoms with E-state index in [0.29, 0.717) is 18.4 Å². The summed E-state index contributed by atoms with van der Waals surface area (Å²) in [6.07, 6.45) is 0. The number of hydrogen-bond donors (Lipinski definition) is 0. The highest BCUT2D eigenvalue weighted by Crippen LogP contribution is 2.24. The molecule has 1 heterocycles. The van der Waals surface area contributed by atoms with Crippen LogP contribution in [0.3, 0.4) is 0 Å². The van der Waals surface area contributed by atoms with Crippen LogP contribution in [0.2, 0.25) is 5.28 Å². The van der Waals surface area contributed by atoms with E-state index in [-0.39, 0.29) is 5.60 Å². The molecule has 2 aromatic rings. The van der Waals surface area contributed by atoms with Crippen LogP contribution in [0.1, 0.15) is 20.8 Å². The monoisotopic (exact) mass is 279 g/mol. The molecule has 19 heavy (non-hydrogen) atoms. The SMILES string of the molecule is CCOC(C)(C)Cn1c(Cl)nnc1-c1ccccc1. The van der Waals surface area contributed by atoms with Gasteiger partial charge in [0.15, 0.2) is 5.82 Å². The lowest BCUT2D eigenvalue weighted by molar-refractivity contribution is -0.0221. The van der Waals surface area contributed by atoms with Gasteiger partial charge in [0.1, 0.15) is 0 Å². The van der Waals surface area contributed by atoms with Crippen molar-refractivity contribution >= 4 is 11.6 Å². The molecule has 0 aliphatic carbocycles. The van der Waals surface area contributed by atoms with Crippen LogP contribution in [0.15, 0.2) is 30.3 Å². The van der Waals surface area contributed by atoms with Gasteiger partial charge < -0.3 is 4.74 Å². The van der Waals surface area contributed by atoms with E-state index < -0.39 is 0 Å². The van der Waals surface area contributed by atoms with E-state index in [1.165, 1.54) is 0 Å².